The van der Waals surface area contributed by atoms with Crippen molar-refractivity contribution in [2.75, 3.05) is 24.2 Å². The standard InChI is InChI=1S/C28H32N6O3S2/c1-18-14-21(16-29)15-19(2)25(18)37-27-26-24(4-3-13-38-26)32-28(33-27)31-22-9-11-34(12-10-22)17-20-5-7-23(8-6-20)39(30,35)36/h5-8,14-15,22H,3-4,9-13,17H2,1-2H3,(H2,30,35,36)(H,31,32,33). The van der Waals surface area contributed by atoms with E-state index in [1.54, 1.807) is 23.9 Å². The number of nitriles is 1. The van der Waals surface area contributed by atoms with Gasteiger partial charge in [0.15, 0.2) is 0 Å². The van der Waals surface area contributed by atoms with Gasteiger partial charge in [-0.1, -0.05) is 12.1 Å². The van der Waals surface area contributed by atoms with E-state index in [1.807, 2.05) is 38.1 Å². The first-order chi connectivity index (χ1) is 18.7. The highest BCUT2D eigenvalue weighted by molar-refractivity contribution is 7.99. The second kappa shape index (κ2) is 11.5. The smallest absolute Gasteiger partial charge is 0.238 e. The number of rotatable bonds is 7. The van der Waals surface area contributed by atoms with E-state index < -0.39 is 10.0 Å². The number of hydrogen-bond acceptors (Lipinski definition) is 9. The van der Waals surface area contributed by atoms with Gasteiger partial charge >= 0.3 is 0 Å². The van der Waals surface area contributed by atoms with Gasteiger partial charge < -0.3 is 10.1 Å². The van der Waals surface area contributed by atoms with E-state index in [1.165, 1.54) is 0 Å². The number of nitrogens with zero attached hydrogens (tertiary/aromatic N) is 4. The van der Waals surface area contributed by atoms with Gasteiger partial charge in [0.25, 0.3) is 0 Å². The number of anilines is 1. The zero-order valence-corrected chi connectivity index (χ0v) is 23.7. The van der Waals surface area contributed by atoms with Gasteiger partial charge in [0.2, 0.25) is 21.9 Å². The quantitative estimate of drug-likeness (QED) is 0.425. The van der Waals surface area contributed by atoms with Crippen LogP contribution in [0.15, 0.2) is 46.2 Å². The van der Waals surface area contributed by atoms with Crippen LogP contribution in [-0.4, -0.2) is 48.2 Å². The lowest BCUT2D eigenvalue weighted by Gasteiger charge is -2.32. The number of hydrogen-bond donors (Lipinski definition) is 2. The Labute approximate surface area is 233 Å². The molecular weight excluding hydrogens is 532 g/mol. The number of fused-ring (bicyclic) bond motifs is 1. The minimum absolute atomic E-state index is 0.130. The van der Waals surface area contributed by atoms with Crippen LogP contribution < -0.4 is 15.2 Å². The average Bonchev–Trinajstić information content (AvgIpc) is 2.91. The van der Waals surface area contributed by atoms with Crippen LogP contribution in [0.3, 0.4) is 0 Å². The Bertz CT molecular complexity index is 1490. The van der Waals surface area contributed by atoms with Crippen molar-refractivity contribution in [2.45, 2.75) is 61.9 Å². The molecule has 0 spiro atoms. The van der Waals surface area contributed by atoms with Crippen LogP contribution in [-0.2, 0) is 23.0 Å². The summed E-state index contributed by atoms with van der Waals surface area (Å²) in [7, 11) is -3.68. The molecular formula is C28H32N6O3S2. The third-order valence-electron chi connectivity index (χ3n) is 7.08. The highest BCUT2D eigenvalue weighted by Gasteiger charge is 2.24. The zero-order valence-electron chi connectivity index (χ0n) is 22.1. The summed E-state index contributed by atoms with van der Waals surface area (Å²) in [6, 6.07) is 12.9. The summed E-state index contributed by atoms with van der Waals surface area (Å²) < 4.78 is 29.4. The second-order valence-electron chi connectivity index (χ2n) is 10.1. The summed E-state index contributed by atoms with van der Waals surface area (Å²) in [5, 5.41) is 18.0. The van der Waals surface area contributed by atoms with Gasteiger partial charge in [0, 0.05) is 25.7 Å². The molecule has 2 aromatic carbocycles. The van der Waals surface area contributed by atoms with E-state index >= 15 is 0 Å². The monoisotopic (exact) mass is 564 g/mol. The third-order valence-corrected chi connectivity index (χ3v) is 9.20. The fourth-order valence-electron chi connectivity index (χ4n) is 5.07. The molecule has 9 nitrogen and oxygen atoms in total. The SMILES string of the molecule is Cc1cc(C#N)cc(C)c1Oc1nc(NC2CCN(Cc3ccc(S(N)(=O)=O)cc3)CC2)nc2c1SCCC2. The number of primary sulfonamides is 1. The Balaban J connectivity index is 1.26. The molecule has 0 saturated carbocycles. The van der Waals surface area contributed by atoms with Crippen LogP contribution in [0.5, 0.6) is 11.6 Å². The topological polar surface area (TPSA) is 134 Å². The van der Waals surface area contributed by atoms with E-state index in [4.69, 9.17) is 19.8 Å². The number of ether oxygens (including phenoxy) is 1. The number of aryl methyl sites for hydroxylation is 3. The maximum Gasteiger partial charge on any atom is 0.238 e. The maximum atomic E-state index is 11.5. The summed E-state index contributed by atoms with van der Waals surface area (Å²) in [5.41, 5.74) is 4.50. The van der Waals surface area contributed by atoms with Crippen molar-refractivity contribution in [3.8, 4) is 17.7 Å². The number of nitrogens with one attached hydrogen (secondary N) is 1. The van der Waals surface area contributed by atoms with Gasteiger partial charge in [0.05, 0.1) is 27.1 Å². The highest BCUT2D eigenvalue weighted by Crippen LogP contribution is 2.40. The van der Waals surface area contributed by atoms with Gasteiger partial charge in [-0.05, 0) is 86.2 Å². The Kier molecular flexibility index (Phi) is 8.09. The summed E-state index contributed by atoms with van der Waals surface area (Å²) >= 11 is 1.73. The molecule has 0 unspecified atom stereocenters. The molecule has 2 aliphatic heterocycles. The molecule has 1 saturated heterocycles. The predicted molar refractivity (Wildman–Crippen MR) is 152 cm³/mol. The first-order valence-electron chi connectivity index (χ1n) is 13.0. The van der Waals surface area contributed by atoms with Crippen molar-refractivity contribution in [3.05, 3.63) is 64.3 Å². The molecule has 0 amide bonds. The van der Waals surface area contributed by atoms with Gasteiger partial charge in [-0.25, -0.2) is 18.5 Å². The first kappa shape index (κ1) is 27.4. The molecule has 0 radical (unpaired) electrons. The molecule has 1 aromatic heterocycles. The Hall–Kier alpha value is -3.17. The molecule has 0 aliphatic carbocycles. The van der Waals surface area contributed by atoms with Crippen molar-refractivity contribution in [2.24, 2.45) is 5.14 Å². The predicted octanol–water partition coefficient (Wildman–Crippen LogP) is 4.52. The maximum absolute atomic E-state index is 11.5. The summed E-state index contributed by atoms with van der Waals surface area (Å²) in [6.07, 6.45) is 3.84. The fraction of sp³-hybridized carbons (Fsp3) is 0.393. The molecule has 0 bridgehead atoms. The van der Waals surface area contributed by atoms with Crippen LogP contribution in [0.25, 0.3) is 0 Å². The highest BCUT2D eigenvalue weighted by atomic mass is 32.2. The van der Waals surface area contributed by atoms with Crippen LogP contribution in [0.1, 0.15) is 47.2 Å². The fourth-order valence-corrected chi connectivity index (χ4v) is 6.60. The molecule has 2 aliphatic rings. The largest absolute Gasteiger partial charge is 0.437 e. The van der Waals surface area contributed by atoms with E-state index in [0.29, 0.717) is 17.4 Å². The van der Waals surface area contributed by atoms with Crippen molar-refractivity contribution in [1.82, 2.24) is 14.9 Å². The molecule has 204 valence electrons. The molecule has 0 atom stereocenters. The van der Waals surface area contributed by atoms with Crippen LogP contribution in [0.2, 0.25) is 0 Å². The zero-order chi connectivity index (χ0) is 27.6. The Morgan fingerprint density at radius 3 is 2.49 bits per heavy atom. The molecule has 3 N–H and O–H groups in total. The molecule has 1 fully saturated rings. The van der Waals surface area contributed by atoms with Crippen LogP contribution >= 0.6 is 11.8 Å². The van der Waals surface area contributed by atoms with Crippen molar-refractivity contribution < 1.29 is 13.2 Å². The van der Waals surface area contributed by atoms with E-state index in [0.717, 1.165) is 84.1 Å². The van der Waals surface area contributed by atoms with E-state index in [2.05, 4.69) is 16.3 Å². The summed E-state index contributed by atoms with van der Waals surface area (Å²) in [5.74, 6) is 2.90. The van der Waals surface area contributed by atoms with Crippen LogP contribution in [0.4, 0.5) is 5.95 Å². The van der Waals surface area contributed by atoms with Crippen molar-refractivity contribution in [1.29, 1.82) is 5.26 Å². The van der Waals surface area contributed by atoms with Gasteiger partial charge in [-0.3, -0.25) is 4.90 Å². The number of aromatic nitrogens is 2. The number of nitrogens with two attached hydrogens (primary N) is 1. The molecule has 3 heterocycles. The lowest BCUT2D eigenvalue weighted by atomic mass is 10.0. The van der Waals surface area contributed by atoms with Crippen LogP contribution in [0, 0.1) is 25.2 Å². The Morgan fingerprint density at radius 2 is 1.85 bits per heavy atom. The molecule has 5 rings (SSSR count). The second-order valence-corrected chi connectivity index (χ2v) is 12.8. The van der Waals surface area contributed by atoms with Crippen molar-refractivity contribution in [3.63, 3.8) is 0 Å². The number of sulfonamides is 1. The number of likely N-dealkylation sites (tertiary alicyclic amines) is 1. The van der Waals surface area contributed by atoms with E-state index in [-0.39, 0.29) is 10.9 Å². The average molecular weight is 565 g/mol. The molecule has 3 aromatic rings. The molecule has 11 heteroatoms. The number of thioether (sulfide) groups is 1. The van der Waals surface area contributed by atoms with Gasteiger partial charge in [-0.2, -0.15) is 10.2 Å². The minimum atomic E-state index is -3.68. The van der Waals surface area contributed by atoms with Gasteiger partial charge in [-0.15, -0.1) is 11.8 Å². The number of piperidine rings is 1. The Morgan fingerprint density at radius 1 is 1.15 bits per heavy atom. The lowest BCUT2D eigenvalue weighted by molar-refractivity contribution is 0.211. The minimum Gasteiger partial charge on any atom is -0.437 e. The molecule has 39 heavy (non-hydrogen) atoms. The normalized spacial score (nSPS) is 16.4. The number of benzene rings is 2. The summed E-state index contributed by atoms with van der Waals surface area (Å²) in [4.78, 5) is 13.2. The lowest BCUT2D eigenvalue weighted by Crippen LogP contribution is -2.39. The first-order valence-corrected chi connectivity index (χ1v) is 15.6. The van der Waals surface area contributed by atoms with Gasteiger partial charge in [0.1, 0.15) is 5.75 Å². The third kappa shape index (κ3) is 6.53. The summed E-state index contributed by atoms with van der Waals surface area (Å²) in [6.45, 7) is 6.47. The van der Waals surface area contributed by atoms with Crippen molar-refractivity contribution >= 4 is 27.7 Å². The van der Waals surface area contributed by atoms with E-state index in [9.17, 15) is 13.7 Å².